The highest BCUT2D eigenvalue weighted by Gasteiger charge is 2.60. The monoisotopic (exact) mass is 245 g/mol. The van der Waals surface area contributed by atoms with E-state index in [2.05, 4.69) is 0 Å². The fourth-order valence-electron chi connectivity index (χ4n) is 1.53. The van der Waals surface area contributed by atoms with E-state index in [1.807, 2.05) is 0 Å². The summed E-state index contributed by atoms with van der Waals surface area (Å²) in [6, 6.07) is 0. The second-order valence-electron chi connectivity index (χ2n) is 3.30. The van der Waals surface area contributed by atoms with Crippen LogP contribution in [0.2, 0.25) is 0 Å². The quantitative estimate of drug-likeness (QED) is 0.281. The first-order valence-corrected chi connectivity index (χ1v) is 4.44. The van der Waals surface area contributed by atoms with Crippen LogP contribution in [-0.4, -0.2) is 47.2 Å². The highest BCUT2D eigenvalue weighted by Crippen LogP contribution is 2.37. The number of hydrogen-bond donors (Lipinski definition) is 2. The van der Waals surface area contributed by atoms with Gasteiger partial charge in [0.1, 0.15) is 6.29 Å². The van der Waals surface area contributed by atoms with Crippen molar-refractivity contribution in [2.45, 2.75) is 11.6 Å². The number of carbonyl (C=O) groups excluding carboxylic acids is 1. The van der Waals surface area contributed by atoms with Crippen molar-refractivity contribution in [3.63, 3.8) is 0 Å². The fourth-order valence-corrected chi connectivity index (χ4v) is 1.53. The molecule has 0 aromatic heterocycles. The van der Waals surface area contributed by atoms with Gasteiger partial charge < -0.3 is 19.7 Å². The van der Waals surface area contributed by atoms with Gasteiger partial charge in [0.15, 0.2) is 0 Å². The van der Waals surface area contributed by atoms with Gasteiger partial charge in [-0.25, -0.2) is 0 Å². The lowest BCUT2D eigenvalue weighted by Gasteiger charge is -2.38. The maximum absolute atomic E-state index is 10.7. The summed E-state index contributed by atoms with van der Waals surface area (Å²) in [6.07, 6.45) is 2.00. The summed E-state index contributed by atoms with van der Waals surface area (Å²) in [5, 5.41) is 30.2. The molecule has 0 saturated carbocycles. The summed E-state index contributed by atoms with van der Waals surface area (Å²) in [6.45, 7) is 0. The van der Waals surface area contributed by atoms with Crippen molar-refractivity contribution in [2.24, 2.45) is 0 Å². The van der Waals surface area contributed by atoms with Crippen molar-refractivity contribution in [1.29, 1.82) is 0 Å². The summed E-state index contributed by atoms with van der Waals surface area (Å²) in [5.41, 5.74) is -1.16. The Kier molecular flexibility index (Phi) is 3.43. The van der Waals surface area contributed by atoms with Gasteiger partial charge in [-0.2, -0.15) is 0 Å². The molecule has 17 heavy (non-hydrogen) atoms. The Morgan fingerprint density at radius 1 is 1.41 bits per heavy atom. The van der Waals surface area contributed by atoms with E-state index in [1.165, 1.54) is 0 Å². The van der Waals surface area contributed by atoms with Crippen LogP contribution in [0.5, 0.6) is 0 Å². The molecule has 0 unspecified atom stereocenters. The molecule has 1 aliphatic carbocycles. The van der Waals surface area contributed by atoms with E-state index in [-0.39, 0.29) is 5.57 Å². The molecule has 1 aliphatic rings. The Labute approximate surface area is 95.9 Å². The predicted octanol–water partition coefficient (Wildman–Crippen LogP) is -1.04. The third-order valence-corrected chi connectivity index (χ3v) is 2.44. The average Bonchev–Trinajstić information content (AvgIpc) is 2.28. The van der Waals surface area contributed by atoms with E-state index in [4.69, 9.17) is 9.47 Å². The van der Waals surface area contributed by atoms with Crippen LogP contribution in [0.25, 0.3) is 0 Å². The Morgan fingerprint density at radius 2 is 1.94 bits per heavy atom. The minimum absolute atomic E-state index is 0.154. The van der Waals surface area contributed by atoms with Crippen LogP contribution in [0.15, 0.2) is 23.4 Å². The van der Waals surface area contributed by atoms with Gasteiger partial charge in [0.25, 0.3) is 5.79 Å². The van der Waals surface area contributed by atoms with Gasteiger partial charge in [-0.1, -0.05) is 0 Å². The summed E-state index contributed by atoms with van der Waals surface area (Å²) >= 11 is 0. The number of hydrogen-bond acceptors (Lipinski definition) is 7. The highest BCUT2D eigenvalue weighted by molar-refractivity contribution is 5.79. The Bertz CT molecular complexity index is 406. The fraction of sp³-hybridized carbons (Fsp3) is 0.444. The predicted molar refractivity (Wildman–Crippen MR) is 53.1 cm³/mol. The molecule has 0 aromatic carbocycles. The lowest BCUT2D eigenvalue weighted by molar-refractivity contribution is -0.485. The van der Waals surface area contributed by atoms with Gasteiger partial charge >= 0.3 is 11.5 Å². The Hall–Kier alpha value is -1.61. The van der Waals surface area contributed by atoms with E-state index < -0.39 is 22.2 Å². The van der Waals surface area contributed by atoms with Crippen LogP contribution in [0.1, 0.15) is 0 Å². The van der Waals surface area contributed by atoms with E-state index in [0.717, 1.165) is 26.4 Å². The zero-order valence-corrected chi connectivity index (χ0v) is 9.11. The number of allylic oxidation sites excluding steroid dienone is 2. The average molecular weight is 245 g/mol. The van der Waals surface area contributed by atoms with Crippen molar-refractivity contribution < 1.29 is 29.4 Å². The summed E-state index contributed by atoms with van der Waals surface area (Å²) in [5.74, 6) is -5.22. The van der Waals surface area contributed by atoms with Crippen molar-refractivity contribution in [2.75, 3.05) is 14.2 Å². The van der Waals surface area contributed by atoms with Crippen LogP contribution >= 0.6 is 0 Å². The molecule has 0 radical (unpaired) electrons. The molecule has 0 bridgehead atoms. The van der Waals surface area contributed by atoms with Gasteiger partial charge in [-0.15, -0.1) is 0 Å². The first kappa shape index (κ1) is 13.5. The minimum Gasteiger partial charge on any atom is -0.353 e. The third-order valence-electron chi connectivity index (χ3n) is 2.44. The van der Waals surface area contributed by atoms with Crippen molar-refractivity contribution in [3.05, 3.63) is 33.5 Å². The van der Waals surface area contributed by atoms with Crippen LogP contribution in [-0.2, 0) is 14.3 Å². The van der Waals surface area contributed by atoms with Gasteiger partial charge in [-0.3, -0.25) is 14.9 Å². The van der Waals surface area contributed by atoms with Crippen molar-refractivity contribution in [3.8, 4) is 0 Å². The smallest absolute Gasteiger partial charge is 0.317 e. The number of nitro groups is 1. The van der Waals surface area contributed by atoms with Crippen LogP contribution in [0.4, 0.5) is 0 Å². The van der Waals surface area contributed by atoms with Crippen LogP contribution in [0.3, 0.4) is 0 Å². The van der Waals surface area contributed by atoms with Crippen LogP contribution in [0, 0.1) is 10.1 Å². The molecule has 1 rings (SSSR count). The number of aldehydes is 1. The molecule has 8 heteroatoms. The van der Waals surface area contributed by atoms with Gasteiger partial charge in [0, 0.05) is 25.9 Å². The Morgan fingerprint density at radius 3 is 2.29 bits per heavy atom. The number of aliphatic hydroxyl groups is 2. The SMILES string of the molecule is COC1(OC)C=C(C=O)C=C([N+](=O)[O-])C1(O)O. The molecular weight excluding hydrogens is 234 g/mol. The minimum atomic E-state index is -3.01. The largest absolute Gasteiger partial charge is 0.353 e. The first-order valence-electron chi connectivity index (χ1n) is 4.44. The summed E-state index contributed by atoms with van der Waals surface area (Å²) in [4.78, 5) is 20.3. The molecule has 2 N–H and O–H groups in total. The number of carbonyl (C=O) groups is 1. The highest BCUT2D eigenvalue weighted by atomic mass is 16.7. The number of rotatable bonds is 4. The van der Waals surface area contributed by atoms with Crippen molar-refractivity contribution in [1.82, 2.24) is 0 Å². The zero-order valence-electron chi connectivity index (χ0n) is 9.11. The second-order valence-corrected chi connectivity index (χ2v) is 3.30. The molecule has 0 fully saturated rings. The standard InChI is InChI=1S/C9H11NO7/c1-16-8(17-2)4-6(5-11)3-7(10(14)15)9(8,12)13/h3-5,12-13H,1-2H3. The number of methoxy groups -OCH3 is 2. The third kappa shape index (κ3) is 1.87. The lowest BCUT2D eigenvalue weighted by Crippen LogP contribution is -2.59. The second kappa shape index (κ2) is 4.34. The number of nitrogens with zero attached hydrogens (tertiary/aromatic N) is 1. The molecule has 8 nitrogen and oxygen atoms in total. The van der Waals surface area contributed by atoms with E-state index in [9.17, 15) is 25.1 Å². The molecule has 0 atom stereocenters. The zero-order chi connectivity index (χ0) is 13.3. The van der Waals surface area contributed by atoms with E-state index in [1.54, 1.807) is 0 Å². The molecule has 0 saturated heterocycles. The van der Waals surface area contributed by atoms with Gasteiger partial charge in [0.05, 0.1) is 4.92 Å². The van der Waals surface area contributed by atoms with E-state index in [0.29, 0.717) is 6.29 Å². The summed E-state index contributed by atoms with van der Waals surface area (Å²) < 4.78 is 9.51. The summed E-state index contributed by atoms with van der Waals surface area (Å²) in [7, 11) is 2.12. The molecule has 0 spiro atoms. The first-order chi connectivity index (χ1) is 7.84. The molecule has 0 aromatic rings. The molecule has 0 aliphatic heterocycles. The lowest BCUT2D eigenvalue weighted by atomic mass is 9.92. The van der Waals surface area contributed by atoms with Gasteiger partial charge in [0.2, 0.25) is 0 Å². The molecule has 94 valence electrons. The van der Waals surface area contributed by atoms with Crippen LogP contribution < -0.4 is 0 Å². The molecule has 0 heterocycles. The van der Waals surface area contributed by atoms with E-state index >= 15 is 0 Å². The van der Waals surface area contributed by atoms with Gasteiger partial charge in [-0.05, 0) is 6.08 Å². The maximum atomic E-state index is 10.7. The maximum Gasteiger partial charge on any atom is 0.317 e. The number of ether oxygens (including phenoxy) is 2. The molecule has 0 amide bonds. The molecular formula is C9H11NO7. The Balaban J connectivity index is 3.45. The topological polar surface area (TPSA) is 119 Å². The van der Waals surface area contributed by atoms with Crippen molar-refractivity contribution >= 4 is 6.29 Å². The normalized spacial score (nSPS) is 21.4.